The number of carboxylic acids is 1. The lowest BCUT2D eigenvalue weighted by molar-refractivity contribution is -0.139. The zero-order chi connectivity index (χ0) is 15.1. The van der Waals surface area contributed by atoms with Gasteiger partial charge in [0.1, 0.15) is 11.8 Å². The molecule has 3 N–H and O–H groups in total. The Morgan fingerprint density at radius 2 is 2.15 bits per heavy atom. The third kappa shape index (κ3) is 4.13. The molecular formula is C13H18N2O5. The van der Waals surface area contributed by atoms with Crippen molar-refractivity contribution in [3.8, 4) is 5.75 Å². The van der Waals surface area contributed by atoms with Crippen molar-refractivity contribution in [3.05, 3.63) is 24.3 Å². The molecule has 1 atom stereocenters. The van der Waals surface area contributed by atoms with Crippen LogP contribution in [0.1, 0.15) is 6.42 Å². The Balaban J connectivity index is 2.77. The number of hydrogen-bond acceptors (Lipinski definition) is 4. The lowest BCUT2D eigenvalue weighted by atomic mass is 10.2. The molecule has 2 amide bonds. The summed E-state index contributed by atoms with van der Waals surface area (Å²) in [6.45, 7) is -0.319. The lowest BCUT2D eigenvalue weighted by Crippen LogP contribution is -2.47. The molecule has 7 nitrogen and oxygen atoms in total. The van der Waals surface area contributed by atoms with Crippen molar-refractivity contribution in [2.75, 3.05) is 25.7 Å². The number of methoxy groups -OCH3 is 1. The molecule has 110 valence electrons. The quantitative estimate of drug-likeness (QED) is 0.712. The Morgan fingerprint density at radius 3 is 2.70 bits per heavy atom. The van der Waals surface area contributed by atoms with Crippen LogP contribution in [0.15, 0.2) is 24.3 Å². The number of ether oxygens (including phenoxy) is 1. The highest BCUT2D eigenvalue weighted by Gasteiger charge is 2.21. The predicted molar refractivity (Wildman–Crippen MR) is 73.1 cm³/mol. The second-order valence-corrected chi connectivity index (χ2v) is 4.11. The molecule has 0 saturated heterocycles. The fourth-order valence-electron chi connectivity index (χ4n) is 1.57. The molecular weight excluding hydrogens is 264 g/mol. The molecule has 0 fully saturated rings. The number of urea groups is 1. The summed E-state index contributed by atoms with van der Waals surface area (Å²) in [4.78, 5) is 24.2. The van der Waals surface area contributed by atoms with E-state index >= 15 is 0 Å². The summed E-state index contributed by atoms with van der Waals surface area (Å²) in [7, 11) is 3.03. The summed E-state index contributed by atoms with van der Waals surface area (Å²) in [5.74, 6) is -0.598. The van der Waals surface area contributed by atoms with Gasteiger partial charge in [-0.2, -0.15) is 0 Å². The maximum absolute atomic E-state index is 12.0. The number of aliphatic hydroxyl groups excluding tert-OH is 1. The maximum atomic E-state index is 12.0. The number of rotatable bonds is 6. The van der Waals surface area contributed by atoms with Gasteiger partial charge in [-0.05, 0) is 12.1 Å². The average molecular weight is 282 g/mol. The number of aliphatic hydroxyl groups is 1. The number of benzene rings is 1. The van der Waals surface area contributed by atoms with E-state index in [2.05, 4.69) is 5.32 Å². The zero-order valence-corrected chi connectivity index (χ0v) is 11.4. The van der Waals surface area contributed by atoms with E-state index in [9.17, 15) is 9.59 Å². The second kappa shape index (κ2) is 7.34. The van der Waals surface area contributed by atoms with Crippen LogP contribution in [-0.4, -0.2) is 49.0 Å². The van der Waals surface area contributed by atoms with Gasteiger partial charge in [0.05, 0.1) is 7.11 Å². The molecule has 0 spiro atoms. The van der Waals surface area contributed by atoms with E-state index in [0.717, 1.165) is 0 Å². The van der Waals surface area contributed by atoms with E-state index in [1.165, 1.54) is 19.1 Å². The van der Waals surface area contributed by atoms with E-state index in [4.69, 9.17) is 14.9 Å². The molecule has 0 aliphatic rings. The van der Waals surface area contributed by atoms with Crippen molar-refractivity contribution in [1.82, 2.24) is 5.32 Å². The van der Waals surface area contributed by atoms with Gasteiger partial charge in [0.15, 0.2) is 0 Å². The minimum Gasteiger partial charge on any atom is -0.497 e. The van der Waals surface area contributed by atoms with Crippen LogP contribution in [0.2, 0.25) is 0 Å². The van der Waals surface area contributed by atoms with Crippen LogP contribution in [0.5, 0.6) is 5.75 Å². The van der Waals surface area contributed by atoms with Crippen molar-refractivity contribution in [2.24, 2.45) is 0 Å². The topological polar surface area (TPSA) is 99.1 Å². The summed E-state index contributed by atoms with van der Waals surface area (Å²) in [5, 5.41) is 20.0. The summed E-state index contributed by atoms with van der Waals surface area (Å²) in [6.07, 6.45) is -0.0486. The highest BCUT2D eigenvalue weighted by atomic mass is 16.5. The molecule has 1 aromatic rings. The molecule has 0 radical (unpaired) electrons. The molecule has 20 heavy (non-hydrogen) atoms. The number of amides is 2. The van der Waals surface area contributed by atoms with Crippen molar-refractivity contribution in [3.63, 3.8) is 0 Å². The number of nitrogens with one attached hydrogen (secondary N) is 1. The number of anilines is 1. The normalized spacial score (nSPS) is 11.6. The Morgan fingerprint density at radius 1 is 1.45 bits per heavy atom. The highest BCUT2D eigenvalue weighted by molar-refractivity contribution is 5.94. The molecule has 0 bridgehead atoms. The number of aliphatic carboxylic acids is 1. The van der Waals surface area contributed by atoms with Crippen molar-refractivity contribution in [2.45, 2.75) is 12.5 Å². The van der Waals surface area contributed by atoms with Gasteiger partial charge >= 0.3 is 12.0 Å². The highest BCUT2D eigenvalue weighted by Crippen LogP contribution is 2.19. The SMILES string of the molecule is COc1cccc(N(C)C(=O)NC(CCO)C(=O)O)c1. The van der Waals surface area contributed by atoms with Crippen molar-refractivity contribution in [1.29, 1.82) is 0 Å². The monoisotopic (exact) mass is 282 g/mol. The molecule has 0 saturated carbocycles. The summed E-state index contributed by atoms with van der Waals surface area (Å²) in [6, 6.07) is 5.12. The third-order valence-corrected chi connectivity index (χ3v) is 2.76. The Hall–Kier alpha value is -2.28. The lowest BCUT2D eigenvalue weighted by Gasteiger charge is -2.21. The first-order chi connectivity index (χ1) is 9.49. The second-order valence-electron chi connectivity index (χ2n) is 4.11. The van der Waals surface area contributed by atoms with Gasteiger partial charge < -0.3 is 20.3 Å². The fourth-order valence-corrected chi connectivity index (χ4v) is 1.57. The average Bonchev–Trinajstić information content (AvgIpc) is 2.45. The molecule has 7 heteroatoms. The number of carbonyl (C=O) groups is 2. The molecule has 1 rings (SSSR count). The Kier molecular flexibility index (Phi) is 5.79. The first-order valence-electron chi connectivity index (χ1n) is 6.01. The number of carboxylic acid groups (broad SMARTS) is 1. The summed E-state index contributed by atoms with van der Waals surface area (Å²) in [5.41, 5.74) is 0.565. The number of nitrogens with zero attached hydrogens (tertiary/aromatic N) is 1. The predicted octanol–water partition coefficient (Wildman–Crippen LogP) is 0.677. The van der Waals surface area contributed by atoms with Crippen LogP contribution in [0.3, 0.4) is 0 Å². The molecule has 0 heterocycles. The third-order valence-electron chi connectivity index (χ3n) is 2.76. The van der Waals surface area contributed by atoms with E-state index in [1.54, 1.807) is 24.3 Å². The van der Waals surface area contributed by atoms with Crippen molar-refractivity contribution < 1.29 is 24.5 Å². The largest absolute Gasteiger partial charge is 0.497 e. The van der Waals surface area contributed by atoms with E-state index < -0.39 is 18.0 Å². The van der Waals surface area contributed by atoms with Gasteiger partial charge in [-0.25, -0.2) is 9.59 Å². The first-order valence-corrected chi connectivity index (χ1v) is 6.01. The minimum absolute atomic E-state index is 0.0486. The molecule has 0 aromatic heterocycles. The van der Waals surface area contributed by atoms with Gasteiger partial charge in [-0.3, -0.25) is 4.90 Å². The van der Waals surface area contributed by atoms with Crippen molar-refractivity contribution >= 4 is 17.7 Å². The molecule has 0 aliphatic heterocycles. The number of hydrogen-bond donors (Lipinski definition) is 3. The van der Waals surface area contributed by atoms with Crippen LogP contribution in [0.25, 0.3) is 0 Å². The van der Waals surface area contributed by atoms with Crippen LogP contribution < -0.4 is 15.0 Å². The van der Waals surface area contributed by atoms with Gasteiger partial charge in [0.25, 0.3) is 0 Å². The zero-order valence-electron chi connectivity index (χ0n) is 11.4. The van der Waals surface area contributed by atoms with Gasteiger partial charge in [-0.1, -0.05) is 6.07 Å². The Bertz CT molecular complexity index is 478. The van der Waals surface area contributed by atoms with Gasteiger partial charge in [-0.15, -0.1) is 0 Å². The molecule has 1 aromatic carbocycles. The maximum Gasteiger partial charge on any atom is 0.326 e. The summed E-state index contributed by atoms with van der Waals surface area (Å²) < 4.78 is 5.06. The van der Waals surface area contributed by atoms with E-state index in [1.807, 2.05) is 0 Å². The van der Waals surface area contributed by atoms with Crippen LogP contribution in [-0.2, 0) is 4.79 Å². The first kappa shape index (κ1) is 15.8. The summed E-state index contributed by atoms with van der Waals surface area (Å²) >= 11 is 0. The molecule has 1 unspecified atom stereocenters. The number of carbonyl (C=O) groups excluding carboxylic acids is 1. The van der Waals surface area contributed by atoms with Crippen LogP contribution in [0, 0.1) is 0 Å². The van der Waals surface area contributed by atoms with Crippen LogP contribution in [0.4, 0.5) is 10.5 Å². The van der Waals surface area contributed by atoms with Gasteiger partial charge in [0, 0.05) is 31.8 Å². The fraction of sp³-hybridized carbons (Fsp3) is 0.385. The van der Waals surface area contributed by atoms with E-state index in [-0.39, 0.29) is 13.0 Å². The van der Waals surface area contributed by atoms with Gasteiger partial charge in [0.2, 0.25) is 0 Å². The van der Waals surface area contributed by atoms with E-state index in [0.29, 0.717) is 11.4 Å². The Labute approximate surface area is 116 Å². The standard InChI is InChI=1S/C13H18N2O5/c1-15(9-4-3-5-10(8-9)20-2)13(19)14-11(6-7-16)12(17)18/h3-5,8,11,16H,6-7H2,1-2H3,(H,14,19)(H,17,18). The molecule has 0 aliphatic carbocycles. The van der Waals surface area contributed by atoms with Crippen LogP contribution >= 0.6 is 0 Å². The smallest absolute Gasteiger partial charge is 0.326 e. The minimum atomic E-state index is -1.19.